The fourth-order valence-corrected chi connectivity index (χ4v) is 3.54. The van der Waals surface area contributed by atoms with E-state index >= 15 is 0 Å². The maximum Gasteiger partial charge on any atom is 0.246 e. The minimum Gasteiger partial charge on any atom is -0.490 e. The Kier molecular flexibility index (Phi) is 5.56. The molecule has 1 aliphatic heterocycles. The molecule has 0 aromatic heterocycles. The van der Waals surface area contributed by atoms with Crippen molar-refractivity contribution in [1.82, 2.24) is 4.90 Å². The number of hydrogen-bond donors (Lipinski definition) is 1. The van der Waals surface area contributed by atoms with Gasteiger partial charge in [0.2, 0.25) is 5.91 Å². The maximum absolute atomic E-state index is 12.3. The van der Waals surface area contributed by atoms with Crippen LogP contribution in [0.15, 0.2) is 30.3 Å². The molecule has 4 heteroatoms. The molecule has 2 fully saturated rings. The van der Waals surface area contributed by atoms with Crippen molar-refractivity contribution in [3.8, 4) is 5.75 Å². The molecular formula is C20H27NO3. The van der Waals surface area contributed by atoms with E-state index in [-0.39, 0.29) is 17.9 Å². The average Bonchev–Trinajstić information content (AvgIpc) is 3.24. The second kappa shape index (κ2) is 7.84. The average molecular weight is 329 g/mol. The number of benzene rings is 1. The van der Waals surface area contributed by atoms with Crippen LogP contribution in [-0.4, -0.2) is 41.2 Å². The molecule has 0 spiro atoms. The third-order valence-corrected chi connectivity index (χ3v) is 5.10. The molecular weight excluding hydrogens is 302 g/mol. The van der Waals surface area contributed by atoms with Crippen molar-refractivity contribution in [2.45, 2.75) is 51.2 Å². The first-order valence-corrected chi connectivity index (χ1v) is 9.03. The molecule has 1 aliphatic carbocycles. The fraction of sp³-hybridized carbons (Fsp3) is 0.550. The van der Waals surface area contributed by atoms with Gasteiger partial charge in [-0.25, -0.2) is 0 Å². The normalized spacial score (nSPS) is 23.1. The molecule has 1 saturated carbocycles. The third-order valence-electron chi connectivity index (χ3n) is 5.10. The lowest BCUT2D eigenvalue weighted by Gasteiger charge is -2.16. The van der Waals surface area contributed by atoms with Crippen molar-refractivity contribution in [2.24, 2.45) is 5.92 Å². The van der Waals surface area contributed by atoms with Gasteiger partial charge in [-0.1, -0.05) is 12.1 Å². The Morgan fingerprint density at radius 2 is 2.12 bits per heavy atom. The summed E-state index contributed by atoms with van der Waals surface area (Å²) in [4.78, 5) is 14.1. The highest BCUT2D eigenvalue weighted by atomic mass is 16.5. The zero-order chi connectivity index (χ0) is 16.9. The summed E-state index contributed by atoms with van der Waals surface area (Å²) in [5.74, 6) is 1.09. The molecule has 2 aliphatic rings. The van der Waals surface area contributed by atoms with Crippen LogP contribution in [0.5, 0.6) is 5.75 Å². The predicted molar refractivity (Wildman–Crippen MR) is 94.7 cm³/mol. The van der Waals surface area contributed by atoms with Crippen molar-refractivity contribution in [2.75, 3.05) is 13.1 Å². The summed E-state index contributed by atoms with van der Waals surface area (Å²) in [5, 5.41) is 9.64. The summed E-state index contributed by atoms with van der Waals surface area (Å²) < 4.78 is 6.01. The van der Waals surface area contributed by atoms with Gasteiger partial charge in [-0.05, 0) is 62.8 Å². The van der Waals surface area contributed by atoms with Gasteiger partial charge in [0.1, 0.15) is 5.75 Å². The van der Waals surface area contributed by atoms with Crippen molar-refractivity contribution in [3.63, 3.8) is 0 Å². The Bertz CT molecular complexity index is 590. The lowest BCUT2D eigenvalue weighted by molar-refractivity contribution is -0.125. The van der Waals surface area contributed by atoms with Gasteiger partial charge >= 0.3 is 0 Å². The van der Waals surface area contributed by atoms with Crippen LogP contribution in [0.2, 0.25) is 0 Å². The molecule has 2 atom stereocenters. The van der Waals surface area contributed by atoms with E-state index in [2.05, 4.69) is 0 Å². The van der Waals surface area contributed by atoms with E-state index in [1.54, 1.807) is 13.0 Å². The van der Waals surface area contributed by atoms with E-state index in [0.29, 0.717) is 12.6 Å². The number of nitrogens with zero attached hydrogens (tertiary/aromatic N) is 1. The highest BCUT2D eigenvalue weighted by Gasteiger charge is 2.27. The van der Waals surface area contributed by atoms with Gasteiger partial charge in [0.05, 0.1) is 12.2 Å². The van der Waals surface area contributed by atoms with Crippen LogP contribution in [-0.2, 0) is 4.79 Å². The SMILES string of the molecule is CC(O)C1CCN(C(=O)/C=C/c2cccc(OC3CCCC3)c2)C1. The summed E-state index contributed by atoms with van der Waals surface area (Å²) in [7, 11) is 0. The Morgan fingerprint density at radius 1 is 1.33 bits per heavy atom. The summed E-state index contributed by atoms with van der Waals surface area (Å²) in [6.07, 6.45) is 9.12. The topological polar surface area (TPSA) is 49.8 Å². The zero-order valence-corrected chi connectivity index (χ0v) is 14.4. The number of carbonyl (C=O) groups is 1. The molecule has 130 valence electrons. The van der Waals surface area contributed by atoms with Gasteiger partial charge < -0.3 is 14.7 Å². The summed E-state index contributed by atoms with van der Waals surface area (Å²) >= 11 is 0. The van der Waals surface area contributed by atoms with Crippen molar-refractivity contribution >= 4 is 12.0 Å². The number of aliphatic hydroxyl groups is 1. The van der Waals surface area contributed by atoms with Crippen LogP contribution in [0.3, 0.4) is 0 Å². The first-order chi connectivity index (χ1) is 11.6. The molecule has 24 heavy (non-hydrogen) atoms. The zero-order valence-electron chi connectivity index (χ0n) is 14.4. The van der Waals surface area contributed by atoms with E-state index < -0.39 is 0 Å². The quantitative estimate of drug-likeness (QED) is 0.844. The second-order valence-electron chi connectivity index (χ2n) is 7.00. The van der Waals surface area contributed by atoms with E-state index in [0.717, 1.165) is 37.1 Å². The van der Waals surface area contributed by atoms with Crippen molar-refractivity contribution < 1.29 is 14.6 Å². The Labute approximate surface area is 144 Å². The van der Waals surface area contributed by atoms with Gasteiger partial charge in [-0.15, -0.1) is 0 Å². The fourth-order valence-electron chi connectivity index (χ4n) is 3.54. The van der Waals surface area contributed by atoms with E-state index in [1.165, 1.54) is 12.8 Å². The number of carbonyl (C=O) groups excluding carboxylic acids is 1. The summed E-state index contributed by atoms with van der Waals surface area (Å²) in [6.45, 7) is 3.17. The molecule has 0 radical (unpaired) electrons. The molecule has 1 saturated heterocycles. The van der Waals surface area contributed by atoms with Gasteiger partial charge in [0.15, 0.2) is 0 Å². The minimum atomic E-state index is -0.351. The van der Waals surface area contributed by atoms with Crippen molar-refractivity contribution in [3.05, 3.63) is 35.9 Å². The van der Waals surface area contributed by atoms with Gasteiger partial charge in [0.25, 0.3) is 0 Å². The molecule has 1 N–H and O–H groups in total. The van der Waals surface area contributed by atoms with Crippen LogP contribution in [0.4, 0.5) is 0 Å². The van der Waals surface area contributed by atoms with Crippen LogP contribution < -0.4 is 4.74 Å². The number of rotatable bonds is 5. The highest BCUT2D eigenvalue weighted by Crippen LogP contribution is 2.25. The second-order valence-corrected chi connectivity index (χ2v) is 7.00. The minimum absolute atomic E-state index is 0.0141. The molecule has 1 aromatic rings. The number of hydrogen-bond acceptors (Lipinski definition) is 3. The molecule has 0 bridgehead atoms. The molecule has 4 nitrogen and oxygen atoms in total. The lowest BCUT2D eigenvalue weighted by atomic mass is 10.0. The Morgan fingerprint density at radius 3 is 2.83 bits per heavy atom. The predicted octanol–water partition coefficient (Wildman–Crippen LogP) is 3.25. The van der Waals surface area contributed by atoms with Crippen LogP contribution in [0, 0.1) is 5.92 Å². The van der Waals surface area contributed by atoms with Crippen molar-refractivity contribution in [1.29, 1.82) is 0 Å². The Hall–Kier alpha value is -1.81. The first kappa shape index (κ1) is 17.0. The number of aliphatic hydroxyl groups excluding tert-OH is 1. The first-order valence-electron chi connectivity index (χ1n) is 9.03. The number of likely N-dealkylation sites (tertiary alicyclic amines) is 1. The standard InChI is InChI=1S/C20H27NO3/c1-15(22)17-11-12-21(14-17)20(23)10-9-16-5-4-8-19(13-16)24-18-6-2-3-7-18/h4-5,8-10,13,15,17-18,22H,2-3,6-7,11-12,14H2,1H3/b10-9+. The van der Waals surface area contributed by atoms with E-state index in [4.69, 9.17) is 4.74 Å². The molecule has 3 rings (SSSR count). The smallest absolute Gasteiger partial charge is 0.246 e. The number of amides is 1. The molecule has 1 heterocycles. The maximum atomic E-state index is 12.3. The molecule has 1 amide bonds. The molecule has 1 aromatic carbocycles. The summed E-state index contributed by atoms with van der Waals surface area (Å²) in [5.41, 5.74) is 0.977. The van der Waals surface area contributed by atoms with Gasteiger partial charge in [-0.3, -0.25) is 4.79 Å². The van der Waals surface area contributed by atoms with E-state index in [9.17, 15) is 9.90 Å². The highest BCUT2D eigenvalue weighted by molar-refractivity contribution is 5.92. The van der Waals surface area contributed by atoms with Crippen LogP contribution in [0.1, 0.15) is 44.6 Å². The third kappa shape index (κ3) is 4.38. The molecule has 2 unspecified atom stereocenters. The van der Waals surface area contributed by atoms with Gasteiger partial charge in [-0.2, -0.15) is 0 Å². The van der Waals surface area contributed by atoms with E-state index in [1.807, 2.05) is 35.2 Å². The Balaban J connectivity index is 1.57. The monoisotopic (exact) mass is 329 g/mol. The van der Waals surface area contributed by atoms with Crippen LogP contribution in [0.25, 0.3) is 6.08 Å². The van der Waals surface area contributed by atoms with Gasteiger partial charge in [0, 0.05) is 25.1 Å². The lowest BCUT2D eigenvalue weighted by Crippen LogP contribution is -2.28. The van der Waals surface area contributed by atoms with Crippen LogP contribution >= 0.6 is 0 Å². The largest absolute Gasteiger partial charge is 0.490 e. The number of ether oxygens (including phenoxy) is 1. The summed E-state index contributed by atoms with van der Waals surface area (Å²) in [6, 6.07) is 7.91.